The largest absolute Gasteiger partial charge is 0.497 e. The Bertz CT molecular complexity index is 1420. The third-order valence-electron chi connectivity index (χ3n) is 7.39. The number of hydrogen-bond acceptors (Lipinski definition) is 5. The van der Waals surface area contributed by atoms with Gasteiger partial charge in [0, 0.05) is 42.8 Å². The summed E-state index contributed by atoms with van der Waals surface area (Å²) in [6.07, 6.45) is 0.743. The van der Waals surface area contributed by atoms with E-state index in [1.54, 1.807) is 24.4 Å². The highest BCUT2D eigenvalue weighted by molar-refractivity contribution is 5.85. The number of rotatable bonds is 8. The van der Waals surface area contributed by atoms with E-state index in [-0.39, 0.29) is 44.3 Å². The van der Waals surface area contributed by atoms with Gasteiger partial charge in [0.1, 0.15) is 17.7 Å². The molecule has 10 heteroatoms. The molecule has 0 aliphatic carbocycles. The molecule has 1 atom stereocenters. The molecular weight excluding hydrogens is 514 g/mol. The Labute approximate surface area is 223 Å². The van der Waals surface area contributed by atoms with E-state index < -0.39 is 35.0 Å². The van der Waals surface area contributed by atoms with Gasteiger partial charge < -0.3 is 15.6 Å². The predicted octanol–water partition coefficient (Wildman–Crippen LogP) is 5.13. The number of alkyl halides is 1. The predicted molar refractivity (Wildman–Crippen MR) is 138 cm³/mol. The molecular formula is C29H29F4N3O3. The monoisotopic (exact) mass is 543 g/mol. The van der Waals surface area contributed by atoms with Gasteiger partial charge in [0.25, 0.3) is 0 Å². The van der Waals surface area contributed by atoms with Crippen molar-refractivity contribution in [3.05, 3.63) is 70.7 Å². The summed E-state index contributed by atoms with van der Waals surface area (Å²) in [5.74, 6) is 1.25. The van der Waals surface area contributed by atoms with Crippen LogP contribution in [-0.2, 0) is 11.3 Å². The fourth-order valence-electron chi connectivity index (χ4n) is 5.04. The zero-order valence-corrected chi connectivity index (χ0v) is 21.4. The molecule has 1 aromatic heterocycles. The Balaban J connectivity index is 1.44. The van der Waals surface area contributed by atoms with Crippen molar-refractivity contribution in [1.29, 1.82) is 0 Å². The number of pyridine rings is 1. The number of piperidine rings is 1. The van der Waals surface area contributed by atoms with E-state index in [0.29, 0.717) is 46.9 Å². The van der Waals surface area contributed by atoms with Crippen molar-refractivity contribution < 1.29 is 32.2 Å². The quantitative estimate of drug-likeness (QED) is 0.233. The molecule has 2 heterocycles. The fourth-order valence-corrected chi connectivity index (χ4v) is 5.04. The molecule has 1 saturated heterocycles. The number of methoxy groups -OCH3 is 1. The second kappa shape index (κ2) is 12.0. The lowest BCUT2D eigenvalue weighted by Gasteiger charge is -2.38. The molecule has 0 saturated carbocycles. The molecule has 0 bridgehead atoms. The van der Waals surface area contributed by atoms with E-state index in [9.17, 15) is 23.1 Å². The van der Waals surface area contributed by atoms with E-state index in [1.807, 2.05) is 4.90 Å². The lowest BCUT2D eigenvalue weighted by molar-refractivity contribution is -0.152. The second-order valence-electron chi connectivity index (χ2n) is 9.70. The van der Waals surface area contributed by atoms with Gasteiger partial charge in [-0.2, -0.15) is 0 Å². The Morgan fingerprint density at radius 3 is 2.64 bits per heavy atom. The third-order valence-corrected chi connectivity index (χ3v) is 7.39. The summed E-state index contributed by atoms with van der Waals surface area (Å²) >= 11 is 0. The highest BCUT2D eigenvalue weighted by atomic mass is 19.2. The van der Waals surface area contributed by atoms with Crippen LogP contribution in [0.25, 0.3) is 10.9 Å². The van der Waals surface area contributed by atoms with Crippen molar-refractivity contribution in [3.8, 4) is 17.6 Å². The summed E-state index contributed by atoms with van der Waals surface area (Å²) < 4.78 is 61.6. The van der Waals surface area contributed by atoms with Crippen LogP contribution in [0.3, 0.4) is 0 Å². The van der Waals surface area contributed by atoms with Crippen LogP contribution < -0.4 is 10.5 Å². The van der Waals surface area contributed by atoms with Crippen LogP contribution in [0, 0.1) is 34.7 Å². The van der Waals surface area contributed by atoms with Gasteiger partial charge in [-0.3, -0.25) is 14.7 Å². The molecule has 3 aromatic rings. The summed E-state index contributed by atoms with van der Waals surface area (Å²) in [4.78, 5) is 18.6. The summed E-state index contributed by atoms with van der Waals surface area (Å²) in [6.45, 7) is 1.01. The van der Waals surface area contributed by atoms with Gasteiger partial charge in [0.2, 0.25) is 0 Å². The highest BCUT2D eigenvalue weighted by Crippen LogP contribution is 2.41. The highest BCUT2D eigenvalue weighted by Gasteiger charge is 2.41. The zero-order valence-electron chi connectivity index (χ0n) is 21.4. The minimum Gasteiger partial charge on any atom is -0.497 e. The van der Waals surface area contributed by atoms with Gasteiger partial charge in [-0.25, -0.2) is 17.6 Å². The van der Waals surface area contributed by atoms with Crippen LogP contribution in [-0.4, -0.2) is 47.7 Å². The molecule has 6 nitrogen and oxygen atoms in total. The lowest BCUT2D eigenvalue weighted by Crippen LogP contribution is -2.44. The number of carboxylic acid groups (broad SMARTS) is 1. The number of ether oxygens (including phenoxy) is 1. The molecule has 4 rings (SSSR count). The van der Waals surface area contributed by atoms with E-state index in [1.165, 1.54) is 7.11 Å². The third kappa shape index (κ3) is 6.15. The molecule has 1 aliphatic rings. The minimum atomic E-state index is -1.46. The second-order valence-corrected chi connectivity index (χ2v) is 9.70. The van der Waals surface area contributed by atoms with E-state index in [0.717, 1.165) is 6.07 Å². The van der Waals surface area contributed by atoms with Crippen molar-refractivity contribution in [3.63, 3.8) is 0 Å². The molecule has 2 aromatic carbocycles. The molecule has 3 N–H and O–H groups in total. The zero-order chi connectivity index (χ0) is 28.2. The van der Waals surface area contributed by atoms with Crippen molar-refractivity contribution >= 4 is 16.9 Å². The first-order chi connectivity index (χ1) is 18.7. The Hall–Kier alpha value is -3.68. The molecule has 1 unspecified atom stereocenters. The first kappa shape index (κ1) is 28.3. The molecule has 206 valence electrons. The molecule has 0 spiro atoms. The number of fused-ring (bicyclic) bond motifs is 1. The number of aliphatic carboxylic acids is 1. The maximum Gasteiger partial charge on any atom is 0.309 e. The smallest absolute Gasteiger partial charge is 0.309 e. The Morgan fingerprint density at radius 2 is 1.97 bits per heavy atom. The van der Waals surface area contributed by atoms with Gasteiger partial charge >= 0.3 is 5.97 Å². The van der Waals surface area contributed by atoms with Crippen molar-refractivity contribution in [2.45, 2.75) is 38.4 Å². The normalized spacial score (nSPS) is 15.9. The average molecular weight is 544 g/mol. The minimum absolute atomic E-state index is 0.0140. The van der Waals surface area contributed by atoms with Gasteiger partial charge in [-0.15, -0.1) is 0 Å². The number of benzene rings is 2. The number of aromatic nitrogens is 1. The number of carbonyl (C=O) groups is 1. The fraction of sp³-hybridized carbons (Fsp3) is 0.379. The van der Waals surface area contributed by atoms with Gasteiger partial charge in [-0.05, 0) is 55.5 Å². The number of hydrogen-bond donors (Lipinski definition) is 2. The van der Waals surface area contributed by atoms with Gasteiger partial charge in [0.05, 0.1) is 30.1 Å². The van der Waals surface area contributed by atoms with Crippen molar-refractivity contribution in [1.82, 2.24) is 9.88 Å². The lowest BCUT2D eigenvalue weighted by atomic mass is 9.74. The van der Waals surface area contributed by atoms with Crippen LogP contribution in [0.4, 0.5) is 17.6 Å². The maximum atomic E-state index is 15.8. The summed E-state index contributed by atoms with van der Waals surface area (Å²) in [5.41, 5.74) is 5.92. The first-order valence-electron chi connectivity index (χ1n) is 12.6. The SMILES string of the molecule is COc1ccc2ncc(CN)c(C(F)CCC3(C(=O)O)CCN(CC#Cc4cc(F)cc(F)c4F)CC3)c2c1. The van der Waals surface area contributed by atoms with Crippen LogP contribution >= 0.6 is 0 Å². The Kier molecular flexibility index (Phi) is 8.73. The number of nitrogens with zero attached hydrogens (tertiary/aromatic N) is 2. The number of carboxylic acids is 1. The van der Waals surface area contributed by atoms with Gasteiger partial charge in [0.15, 0.2) is 11.6 Å². The standard InChI is InChI=1S/C29H29F4N3O3/c1-39-21-4-5-25-22(15-21)26(19(16-34)17-35-25)23(31)6-7-29(28(37)38)8-11-36(12-9-29)10-2-3-18-13-20(30)14-24(32)27(18)33/h4-5,13-15,17,23H,6-12,16,34H2,1H3,(H,37,38). The van der Waals surface area contributed by atoms with Crippen molar-refractivity contribution in [2.24, 2.45) is 11.1 Å². The van der Waals surface area contributed by atoms with E-state index in [2.05, 4.69) is 16.8 Å². The van der Waals surface area contributed by atoms with Crippen molar-refractivity contribution in [2.75, 3.05) is 26.7 Å². The molecule has 0 radical (unpaired) electrons. The molecule has 1 aliphatic heterocycles. The van der Waals surface area contributed by atoms with E-state index in [4.69, 9.17) is 10.5 Å². The topological polar surface area (TPSA) is 88.7 Å². The number of likely N-dealkylation sites (tertiary alicyclic amines) is 1. The van der Waals surface area contributed by atoms with Gasteiger partial charge in [-0.1, -0.05) is 11.8 Å². The molecule has 39 heavy (non-hydrogen) atoms. The van der Waals surface area contributed by atoms with Crippen LogP contribution in [0.1, 0.15) is 48.5 Å². The number of halogens is 4. The van der Waals surface area contributed by atoms with Crippen LogP contribution in [0.15, 0.2) is 36.5 Å². The van der Waals surface area contributed by atoms with E-state index >= 15 is 4.39 Å². The first-order valence-corrected chi connectivity index (χ1v) is 12.6. The maximum absolute atomic E-state index is 15.8. The number of nitrogens with two attached hydrogens (primary N) is 1. The molecule has 0 amide bonds. The summed E-state index contributed by atoms with van der Waals surface area (Å²) in [7, 11) is 1.52. The van der Waals surface area contributed by atoms with Crippen LogP contribution in [0.5, 0.6) is 5.75 Å². The summed E-state index contributed by atoms with van der Waals surface area (Å²) in [6, 6.07) is 6.45. The average Bonchev–Trinajstić information content (AvgIpc) is 2.93. The summed E-state index contributed by atoms with van der Waals surface area (Å²) in [5, 5.41) is 10.7. The van der Waals surface area contributed by atoms with Crippen LogP contribution in [0.2, 0.25) is 0 Å². The Morgan fingerprint density at radius 1 is 1.23 bits per heavy atom. The molecule has 1 fully saturated rings.